The number of unbranched alkanes of at least 4 members (excludes halogenated alkanes) is 1. The lowest BCUT2D eigenvalue weighted by Gasteiger charge is -2.15. The predicted octanol–water partition coefficient (Wildman–Crippen LogP) is 3.04. The molecule has 0 saturated carbocycles. The average Bonchev–Trinajstić information content (AvgIpc) is 3.29. The van der Waals surface area contributed by atoms with E-state index in [0.717, 1.165) is 31.4 Å². The van der Waals surface area contributed by atoms with Crippen LogP contribution in [0.2, 0.25) is 0 Å². The highest BCUT2D eigenvalue weighted by molar-refractivity contribution is 6.02. The maximum absolute atomic E-state index is 12.8. The van der Waals surface area contributed by atoms with Crippen LogP contribution in [0.25, 0.3) is 10.9 Å². The van der Waals surface area contributed by atoms with E-state index in [1.165, 1.54) is 24.1 Å². The quantitative estimate of drug-likeness (QED) is 0.239. The van der Waals surface area contributed by atoms with Gasteiger partial charge in [-0.2, -0.15) is 0 Å². The lowest BCUT2D eigenvalue weighted by molar-refractivity contribution is -0.139. The number of carboxylic acids is 1. The van der Waals surface area contributed by atoms with Gasteiger partial charge in [-0.25, -0.2) is 4.79 Å². The van der Waals surface area contributed by atoms with Gasteiger partial charge in [0.1, 0.15) is 11.7 Å². The summed E-state index contributed by atoms with van der Waals surface area (Å²) in [6.45, 7) is -0.231. The largest absolute Gasteiger partial charge is 0.480 e. The fourth-order valence-electron chi connectivity index (χ4n) is 4.85. The number of carboxylic acid groups (broad SMARTS) is 1. The fourth-order valence-corrected chi connectivity index (χ4v) is 4.85. The molecule has 1 aliphatic carbocycles. The smallest absolute Gasteiger partial charge is 0.326 e. The number of aryl methyl sites for hydroxylation is 3. The molecule has 9 heteroatoms. The molecule has 1 aliphatic rings. The van der Waals surface area contributed by atoms with E-state index < -0.39 is 17.9 Å². The molecular weight excluding hydrogens is 472 g/mol. The number of aliphatic carboxylic acids is 1. The molecule has 5 N–H and O–H groups in total. The molecule has 2 heterocycles. The molecule has 2 aromatic heterocycles. The van der Waals surface area contributed by atoms with Crippen LogP contribution in [0.15, 0.2) is 36.4 Å². The van der Waals surface area contributed by atoms with Gasteiger partial charge in [0.05, 0.1) is 6.61 Å². The van der Waals surface area contributed by atoms with Gasteiger partial charge in [-0.05, 0) is 69.1 Å². The van der Waals surface area contributed by atoms with Crippen LogP contribution >= 0.6 is 0 Å². The second-order valence-electron chi connectivity index (χ2n) is 9.51. The molecule has 1 aromatic carbocycles. The summed E-state index contributed by atoms with van der Waals surface area (Å²) in [6.07, 6.45) is 7.39. The minimum absolute atomic E-state index is 0.0422. The zero-order valence-electron chi connectivity index (χ0n) is 20.9. The zero-order valence-corrected chi connectivity index (χ0v) is 20.9. The molecule has 4 rings (SSSR count). The number of H-pyrrole nitrogens is 1. The molecule has 0 aliphatic heterocycles. The summed E-state index contributed by atoms with van der Waals surface area (Å²) in [5, 5.41) is 25.2. The zero-order chi connectivity index (χ0) is 26.2. The number of carbonyl (C=O) groups is 3. The van der Waals surface area contributed by atoms with Crippen molar-refractivity contribution in [2.75, 3.05) is 6.54 Å². The highest BCUT2D eigenvalue weighted by atomic mass is 16.4. The number of amides is 2. The summed E-state index contributed by atoms with van der Waals surface area (Å²) < 4.78 is 0. The van der Waals surface area contributed by atoms with Crippen LogP contribution in [0.3, 0.4) is 0 Å². The molecule has 0 bridgehead atoms. The SMILES string of the molecule is O=C(CCCCc1ccc2c(n1)CCCC2)NCC[C@H](NC(=O)c1[nH]c2ccccc2c1CO)C(=O)O. The number of carbonyl (C=O) groups excluding carboxylic acids is 2. The number of aromatic amines is 1. The summed E-state index contributed by atoms with van der Waals surface area (Å²) in [4.78, 5) is 44.4. The number of aliphatic hydroxyl groups excluding tert-OH is 1. The molecule has 9 nitrogen and oxygen atoms in total. The van der Waals surface area contributed by atoms with Crippen molar-refractivity contribution in [2.45, 2.75) is 70.4 Å². The molecule has 1 atom stereocenters. The van der Waals surface area contributed by atoms with Crippen LogP contribution in [0.1, 0.15) is 71.5 Å². The third-order valence-electron chi connectivity index (χ3n) is 6.88. The topological polar surface area (TPSA) is 144 Å². The van der Waals surface area contributed by atoms with Crippen molar-refractivity contribution in [3.63, 3.8) is 0 Å². The van der Waals surface area contributed by atoms with Crippen molar-refractivity contribution in [1.82, 2.24) is 20.6 Å². The molecule has 0 saturated heterocycles. The Bertz CT molecular complexity index is 1270. The third kappa shape index (κ3) is 6.74. The molecule has 37 heavy (non-hydrogen) atoms. The average molecular weight is 507 g/mol. The second kappa shape index (κ2) is 12.5. The van der Waals surface area contributed by atoms with Crippen LogP contribution in [-0.4, -0.2) is 50.6 Å². The molecule has 196 valence electrons. The minimum Gasteiger partial charge on any atom is -0.480 e. The molecule has 0 fully saturated rings. The maximum Gasteiger partial charge on any atom is 0.326 e. The number of para-hydroxylation sites is 1. The van der Waals surface area contributed by atoms with E-state index in [2.05, 4.69) is 27.8 Å². The van der Waals surface area contributed by atoms with Gasteiger partial charge in [-0.15, -0.1) is 0 Å². The van der Waals surface area contributed by atoms with Crippen molar-refractivity contribution >= 4 is 28.7 Å². The number of aromatic nitrogens is 2. The Morgan fingerprint density at radius 1 is 1.05 bits per heavy atom. The van der Waals surface area contributed by atoms with Gasteiger partial charge in [0.15, 0.2) is 0 Å². The van der Waals surface area contributed by atoms with Crippen molar-refractivity contribution < 1.29 is 24.6 Å². The van der Waals surface area contributed by atoms with Crippen molar-refractivity contribution in [2.24, 2.45) is 0 Å². The number of fused-ring (bicyclic) bond motifs is 2. The van der Waals surface area contributed by atoms with E-state index >= 15 is 0 Å². The number of nitrogens with one attached hydrogen (secondary N) is 3. The Morgan fingerprint density at radius 2 is 1.86 bits per heavy atom. The second-order valence-corrected chi connectivity index (χ2v) is 9.51. The number of pyridine rings is 1. The predicted molar refractivity (Wildman–Crippen MR) is 139 cm³/mol. The van der Waals surface area contributed by atoms with E-state index in [1.807, 2.05) is 0 Å². The molecular formula is C28H34N4O5. The fraction of sp³-hybridized carbons (Fsp3) is 0.429. The summed E-state index contributed by atoms with van der Waals surface area (Å²) in [7, 11) is 0. The Morgan fingerprint density at radius 3 is 2.68 bits per heavy atom. The molecule has 0 radical (unpaired) electrons. The number of aliphatic hydroxyl groups is 1. The number of nitrogens with zero attached hydrogens (tertiary/aromatic N) is 1. The lowest BCUT2D eigenvalue weighted by atomic mass is 9.95. The first-order chi connectivity index (χ1) is 18.0. The number of benzene rings is 1. The summed E-state index contributed by atoms with van der Waals surface area (Å²) in [5.74, 6) is -1.95. The van der Waals surface area contributed by atoms with Crippen LogP contribution in [0.4, 0.5) is 0 Å². The van der Waals surface area contributed by atoms with Gasteiger partial charge in [-0.1, -0.05) is 24.3 Å². The Labute approximate surface area is 215 Å². The van der Waals surface area contributed by atoms with Crippen molar-refractivity contribution in [3.05, 3.63) is 64.6 Å². The number of hydrogen-bond donors (Lipinski definition) is 5. The number of hydrogen-bond acceptors (Lipinski definition) is 5. The molecule has 0 unspecified atom stereocenters. The Hall–Kier alpha value is -3.72. The van der Waals surface area contributed by atoms with Gasteiger partial charge in [0, 0.05) is 40.8 Å². The molecule has 2 amide bonds. The van der Waals surface area contributed by atoms with Gasteiger partial charge < -0.3 is 25.8 Å². The van der Waals surface area contributed by atoms with E-state index in [0.29, 0.717) is 29.3 Å². The first-order valence-electron chi connectivity index (χ1n) is 12.9. The Balaban J connectivity index is 1.20. The van der Waals surface area contributed by atoms with Crippen molar-refractivity contribution in [1.29, 1.82) is 0 Å². The lowest BCUT2D eigenvalue weighted by Crippen LogP contribution is -2.43. The van der Waals surface area contributed by atoms with Crippen LogP contribution in [0, 0.1) is 0 Å². The van der Waals surface area contributed by atoms with Gasteiger partial charge >= 0.3 is 5.97 Å². The van der Waals surface area contributed by atoms with Gasteiger partial charge in [0.25, 0.3) is 5.91 Å². The van der Waals surface area contributed by atoms with Gasteiger partial charge in [0.2, 0.25) is 5.91 Å². The first kappa shape index (κ1) is 26.3. The van der Waals surface area contributed by atoms with Gasteiger partial charge in [-0.3, -0.25) is 14.6 Å². The van der Waals surface area contributed by atoms with Crippen molar-refractivity contribution in [3.8, 4) is 0 Å². The standard InChI is InChI=1S/C28H34N4O5/c33-17-21-20-9-3-5-11-23(20)31-26(21)27(35)32-24(28(36)37)15-16-29-25(34)12-6-2-8-19-14-13-18-7-1-4-10-22(18)30-19/h3,5,9,11,13-14,24,31,33H,1-2,4,6-8,10,12,15-17H2,(H,29,34)(H,32,35)(H,36,37)/t24-/m0/s1. The maximum atomic E-state index is 12.8. The van der Waals surface area contributed by atoms with E-state index in [1.54, 1.807) is 24.3 Å². The minimum atomic E-state index is -1.19. The summed E-state index contributed by atoms with van der Waals surface area (Å²) in [6, 6.07) is 10.2. The highest BCUT2D eigenvalue weighted by Gasteiger charge is 2.24. The van der Waals surface area contributed by atoms with E-state index in [9.17, 15) is 24.6 Å². The van der Waals surface area contributed by atoms with Crippen LogP contribution < -0.4 is 10.6 Å². The molecule has 0 spiro atoms. The summed E-state index contributed by atoms with van der Waals surface area (Å²) >= 11 is 0. The van der Waals surface area contributed by atoms with E-state index in [4.69, 9.17) is 4.98 Å². The number of rotatable bonds is 12. The Kier molecular flexibility index (Phi) is 8.90. The highest BCUT2D eigenvalue weighted by Crippen LogP contribution is 2.23. The molecule has 3 aromatic rings. The summed E-state index contributed by atoms with van der Waals surface area (Å²) in [5.41, 5.74) is 4.88. The van der Waals surface area contributed by atoms with Crippen LogP contribution in [-0.2, 0) is 35.5 Å². The van der Waals surface area contributed by atoms with Crippen LogP contribution in [0.5, 0.6) is 0 Å². The first-order valence-corrected chi connectivity index (χ1v) is 12.9. The normalized spacial score (nSPS) is 13.6. The van der Waals surface area contributed by atoms with E-state index in [-0.39, 0.29) is 31.2 Å². The third-order valence-corrected chi connectivity index (χ3v) is 6.88. The monoisotopic (exact) mass is 506 g/mol.